The van der Waals surface area contributed by atoms with E-state index in [1.165, 1.54) is 12.4 Å². The van der Waals surface area contributed by atoms with Crippen LogP contribution in [0.5, 0.6) is 11.6 Å². The SMILES string of the molecule is NNc1cncc(Oc2cc(F)ccc2F)n1. The van der Waals surface area contributed by atoms with Crippen molar-refractivity contribution in [2.75, 3.05) is 5.43 Å². The third-order valence-electron chi connectivity index (χ3n) is 1.87. The van der Waals surface area contributed by atoms with Gasteiger partial charge in [-0.3, -0.25) is 4.98 Å². The van der Waals surface area contributed by atoms with Crippen LogP contribution in [-0.4, -0.2) is 9.97 Å². The standard InChI is InChI=1S/C10H8F2N4O/c11-6-1-2-7(12)8(3-6)17-10-5-14-4-9(15-10)16-13/h1-5H,13H2,(H,15,16). The summed E-state index contributed by atoms with van der Waals surface area (Å²) in [5.74, 6) is 3.80. The van der Waals surface area contributed by atoms with Crippen LogP contribution in [0.15, 0.2) is 30.6 Å². The van der Waals surface area contributed by atoms with E-state index < -0.39 is 11.6 Å². The largest absolute Gasteiger partial charge is 0.434 e. The lowest BCUT2D eigenvalue weighted by Crippen LogP contribution is -2.09. The number of aromatic nitrogens is 2. The molecule has 0 fully saturated rings. The molecule has 0 amide bonds. The first-order valence-corrected chi connectivity index (χ1v) is 4.60. The summed E-state index contributed by atoms with van der Waals surface area (Å²) >= 11 is 0. The topological polar surface area (TPSA) is 73.1 Å². The molecule has 0 radical (unpaired) electrons. The number of hydrogen-bond acceptors (Lipinski definition) is 5. The summed E-state index contributed by atoms with van der Waals surface area (Å²) in [5.41, 5.74) is 2.26. The van der Waals surface area contributed by atoms with E-state index in [1.807, 2.05) is 0 Å². The molecule has 1 aromatic heterocycles. The van der Waals surface area contributed by atoms with Crippen molar-refractivity contribution in [2.24, 2.45) is 5.84 Å². The van der Waals surface area contributed by atoms with Gasteiger partial charge in [-0.1, -0.05) is 0 Å². The first-order valence-electron chi connectivity index (χ1n) is 4.60. The monoisotopic (exact) mass is 238 g/mol. The lowest BCUT2D eigenvalue weighted by molar-refractivity contribution is 0.421. The molecule has 17 heavy (non-hydrogen) atoms. The molecule has 0 atom stereocenters. The Labute approximate surface area is 95.2 Å². The van der Waals surface area contributed by atoms with Crippen LogP contribution in [0.25, 0.3) is 0 Å². The summed E-state index contributed by atoms with van der Waals surface area (Å²) in [5, 5.41) is 0. The van der Waals surface area contributed by atoms with Gasteiger partial charge in [-0.05, 0) is 12.1 Å². The van der Waals surface area contributed by atoms with Crippen molar-refractivity contribution in [1.82, 2.24) is 9.97 Å². The Morgan fingerprint density at radius 3 is 2.82 bits per heavy atom. The van der Waals surface area contributed by atoms with Crippen LogP contribution in [-0.2, 0) is 0 Å². The van der Waals surface area contributed by atoms with Crippen molar-refractivity contribution >= 4 is 5.82 Å². The zero-order valence-corrected chi connectivity index (χ0v) is 8.52. The number of hydrogen-bond donors (Lipinski definition) is 2. The van der Waals surface area contributed by atoms with Gasteiger partial charge in [-0.2, -0.15) is 4.98 Å². The minimum absolute atomic E-state index is 0.00458. The molecular weight excluding hydrogens is 230 g/mol. The molecule has 88 valence electrons. The molecule has 2 rings (SSSR count). The first kappa shape index (κ1) is 11.2. The second-order valence-electron chi connectivity index (χ2n) is 3.06. The lowest BCUT2D eigenvalue weighted by Gasteiger charge is -2.06. The maximum absolute atomic E-state index is 13.3. The Bertz CT molecular complexity index is 535. The van der Waals surface area contributed by atoms with Crippen molar-refractivity contribution in [3.05, 3.63) is 42.2 Å². The van der Waals surface area contributed by atoms with Gasteiger partial charge in [0.2, 0.25) is 5.88 Å². The molecular formula is C10H8F2N4O. The molecule has 0 aliphatic heterocycles. The predicted molar refractivity (Wildman–Crippen MR) is 56.3 cm³/mol. The summed E-state index contributed by atoms with van der Waals surface area (Å²) in [6.45, 7) is 0. The predicted octanol–water partition coefficient (Wildman–Crippen LogP) is 1.83. The highest BCUT2D eigenvalue weighted by atomic mass is 19.1. The summed E-state index contributed by atoms with van der Waals surface area (Å²) < 4.78 is 31.2. The van der Waals surface area contributed by atoms with Gasteiger partial charge in [0.15, 0.2) is 17.4 Å². The number of nitrogens with zero attached hydrogens (tertiary/aromatic N) is 2. The van der Waals surface area contributed by atoms with E-state index in [0.29, 0.717) is 0 Å². The average molecular weight is 238 g/mol. The molecule has 0 spiro atoms. The molecule has 0 saturated heterocycles. The van der Waals surface area contributed by atoms with Crippen molar-refractivity contribution in [1.29, 1.82) is 0 Å². The Hall–Kier alpha value is -2.28. The third kappa shape index (κ3) is 2.64. The average Bonchev–Trinajstić information content (AvgIpc) is 2.34. The summed E-state index contributed by atoms with van der Waals surface area (Å²) in [6.07, 6.45) is 2.61. The Morgan fingerprint density at radius 1 is 1.24 bits per heavy atom. The molecule has 1 heterocycles. The highest BCUT2D eigenvalue weighted by molar-refractivity contribution is 5.34. The fourth-order valence-electron chi connectivity index (χ4n) is 1.13. The third-order valence-corrected chi connectivity index (χ3v) is 1.87. The van der Waals surface area contributed by atoms with Crippen LogP contribution in [0, 0.1) is 11.6 Å². The number of ether oxygens (including phenoxy) is 1. The van der Waals surface area contributed by atoms with E-state index in [1.54, 1.807) is 0 Å². The molecule has 5 nitrogen and oxygen atoms in total. The molecule has 0 bridgehead atoms. The smallest absolute Gasteiger partial charge is 0.240 e. The van der Waals surface area contributed by atoms with E-state index in [4.69, 9.17) is 10.6 Å². The van der Waals surface area contributed by atoms with Gasteiger partial charge in [0, 0.05) is 6.07 Å². The summed E-state index contributed by atoms with van der Waals surface area (Å²) in [6, 6.07) is 2.87. The number of hydrazine groups is 1. The van der Waals surface area contributed by atoms with E-state index in [-0.39, 0.29) is 17.4 Å². The number of nitrogens with one attached hydrogen (secondary N) is 1. The van der Waals surface area contributed by atoms with Gasteiger partial charge in [-0.15, -0.1) is 0 Å². The fraction of sp³-hybridized carbons (Fsp3) is 0. The summed E-state index contributed by atoms with van der Waals surface area (Å²) in [7, 11) is 0. The highest BCUT2D eigenvalue weighted by Gasteiger charge is 2.07. The maximum atomic E-state index is 13.3. The molecule has 0 unspecified atom stereocenters. The second kappa shape index (κ2) is 4.71. The van der Waals surface area contributed by atoms with Crippen molar-refractivity contribution < 1.29 is 13.5 Å². The van der Waals surface area contributed by atoms with Gasteiger partial charge in [0.1, 0.15) is 5.82 Å². The van der Waals surface area contributed by atoms with Crippen LogP contribution in [0.4, 0.5) is 14.6 Å². The van der Waals surface area contributed by atoms with Crippen LogP contribution < -0.4 is 16.0 Å². The number of nitrogen functional groups attached to an aromatic ring is 1. The Morgan fingerprint density at radius 2 is 2.06 bits per heavy atom. The second-order valence-corrected chi connectivity index (χ2v) is 3.06. The molecule has 7 heteroatoms. The Balaban J connectivity index is 2.27. The van der Waals surface area contributed by atoms with E-state index in [2.05, 4.69) is 15.4 Å². The van der Waals surface area contributed by atoms with E-state index in [9.17, 15) is 8.78 Å². The van der Waals surface area contributed by atoms with Crippen LogP contribution >= 0.6 is 0 Å². The minimum atomic E-state index is -0.695. The van der Waals surface area contributed by atoms with Crippen molar-refractivity contribution in [2.45, 2.75) is 0 Å². The van der Waals surface area contributed by atoms with E-state index >= 15 is 0 Å². The van der Waals surface area contributed by atoms with Gasteiger partial charge in [-0.25, -0.2) is 14.6 Å². The fourth-order valence-corrected chi connectivity index (χ4v) is 1.13. The zero-order chi connectivity index (χ0) is 12.3. The number of benzene rings is 1. The molecule has 0 aliphatic carbocycles. The van der Waals surface area contributed by atoms with Crippen molar-refractivity contribution in [3.63, 3.8) is 0 Å². The number of nitrogens with two attached hydrogens (primary N) is 1. The molecule has 1 aromatic carbocycles. The normalized spacial score (nSPS) is 10.1. The minimum Gasteiger partial charge on any atom is -0.434 e. The van der Waals surface area contributed by atoms with E-state index in [0.717, 1.165) is 18.2 Å². The van der Waals surface area contributed by atoms with Gasteiger partial charge in [0.25, 0.3) is 0 Å². The summed E-state index contributed by atoms with van der Waals surface area (Å²) in [4.78, 5) is 7.60. The zero-order valence-electron chi connectivity index (χ0n) is 8.52. The highest BCUT2D eigenvalue weighted by Crippen LogP contribution is 2.23. The van der Waals surface area contributed by atoms with Crippen molar-refractivity contribution in [3.8, 4) is 11.6 Å². The number of anilines is 1. The lowest BCUT2D eigenvalue weighted by atomic mass is 10.3. The maximum Gasteiger partial charge on any atom is 0.240 e. The number of rotatable bonds is 3. The van der Waals surface area contributed by atoms with Crippen LogP contribution in [0.1, 0.15) is 0 Å². The van der Waals surface area contributed by atoms with Gasteiger partial charge >= 0.3 is 0 Å². The van der Waals surface area contributed by atoms with Crippen LogP contribution in [0.2, 0.25) is 0 Å². The molecule has 0 saturated carbocycles. The van der Waals surface area contributed by atoms with Crippen LogP contribution in [0.3, 0.4) is 0 Å². The van der Waals surface area contributed by atoms with Gasteiger partial charge < -0.3 is 10.2 Å². The number of halogens is 2. The Kier molecular flexibility index (Phi) is 3.10. The quantitative estimate of drug-likeness (QED) is 0.630. The molecule has 3 N–H and O–H groups in total. The molecule has 2 aromatic rings. The molecule has 0 aliphatic rings. The van der Waals surface area contributed by atoms with Gasteiger partial charge in [0.05, 0.1) is 12.4 Å². The first-order chi connectivity index (χ1) is 8.19.